The second-order valence-electron chi connectivity index (χ2n) is 6.87. The summed E-state index contributed by atoms with van der Waals surface area (Å²) >= 11 is 6.24. The monoisotopic (exact) mass is 467 g/mol. The number of benzene rings is 2. The van der Waals surface area contributed by atoms with Gasteiger partial charge in [-0.1, -0.05) is 35.9 Å². The zero-order chi connectivity index (χ0) is 23.2. The van der Waals surface area contributed by atoms with Gasteiger partial charge in [0.05, 0.1) is 19.1 Å². The zero-order valence-corrected chi connectivity index (χ0v) is 19.4. The molecular formula is C21H26ClN3O5S. The van der Waals surface area contributed by atoms with Gasteiger partial charge in [-0.3, -0.25) is 13.9 Å². The first-order valence-electron chi connectivity index (χ1n) is 9.44. The Labute approximate surface area is 187 Å². The molecule has 2 amide bonds. The average Bonchev–Trinajstić information content (AvgIpc) is 2.74. The van der Waals surface area contributed by atoms with Gasteiger partial charge >= 0.3 is 0 Å². The minimum Gasteiger partial charge on any atom is -0.497 e. The van der Waals surface area contributed by atoms with E-state index in [1.807, 2.05) is 0 Å². The smallest absolute Gasteiger partial charge is 0.244 e. The van der Waals surface area contributed by atoms with Crippen molar-refractivity contribution in [2.75, 3.05) is 31.3 Å². The molecule has 1 N–H and O–H groups in total. The minimum atomic E-state index is -3.80. The van der Waals surface area contributed by atoms with Crippen LogP contribution < -0.4 is 14.4 Å². The molecule has 31 heavy (non-hydrogen) atoms. The highest BCUT2D eigenvalue weighted by molar-refractivity contribution is 7.92. The standard InChI is InChI=1S/C21H26ClN3O5S/c1-15(21(27)23-2)24(13-16-8-5-6-11-19(16)22)20(26)14-25(31(4,28)29)17-9-7-10-18(12-17)30-3/h5-12,15H,13-14H2,1-4H3,(H,23,27). The van der Waals surface area contributed by atoms with E-state index in [0.29, 0.717) is 16.3 Å². The predicted molar refractivity (Wildman–Crippen MR) is 121 cm³/mol. The van der Waals surface area contributed by atoms with Crippen molar-refractivity contribution in [3.05, 3.63) is 59.1 Å². The van der Waals surface area contributed by atoms with Crippen molar-refractivity contribution < 1.29 is 22.7 Å². The summed E-state index contributed by atoms with van der Waals surface area (Å²) in [6, 6.07) is 12.5. The maximum atomic E-state index is 13.3. The molecule has 0 saturated heterocycles. The lowest BCUT2D eigenvalue weighted by atomic mass is 10.1. The molecule has 0 saturated carbocycles. The van der Waals surface area contributed by atoms with Crippen LogP contribution in [0.5, 0.6) is 5.75 Å². The van der Waals surface area contributed by atoms with Crippen LogP contribution in [-0.4, -0.2) is 58.1 Å². The summed E-state index contributed by atoms with van der Waals surface area (Å²) in [5.74, 6) is -0.484. The molecule has 0 bridgehead atoms. The fourth-order valence-corrected chi connectivity index (χ4v) is 4.02. The van der Waals surface area contributed by atoms with Crippen molar-refractivity contribution in [2.45, 2.75) is 19.5 Å². The van der Waals surface area contributed by atoms with E-state index in [2.05, 4.69) is 5.32 Å². The quantitative estimate of drug-likeness (QED) is 0.610. The number of amides is 2. The van der Waals surface area contributed by atoms with Crippen LogP contribution >= 0.6 is 11.6 Å². The van der Waals surface area contributed by atoms with Crippen molar-refractivity contribution in [1.82, 2.24) is 10.2 Å². The fraction of sp³-hybridized carbons (Fsp3) is 0.333. The van der Waals surface area contributed by atoms with Gasteiger partial charge in [-0.05, 0) is 30.7 Å². The van der Waals surface area contributed by atoms with Crippen LogP contribution in [0.25, 0.3) is 0 Å². The minimum absolute atomic E-state index is 0.0445. The average molecular weight is 468 g/mol. The predicted octanol–water partition coefficient (Wildman–Crippen LogP) is 2.28. The van der Waals surface area contributed by atoms with E-state index in [-0.39, 0.29) is 18.1 Å². The van der Waals surface area contributed by atoms with Gasteiger partial charge in [0, 0.05) is 24.7 Å². The van der Waals surface area contributed by atoms with Crippen molar-refractivity contribution in [2.24, 2.45) is 0 Å². The van der Waals surface area contributed by atoms with Gasteiger partial charge in [-0.15, -0.1) is 0 Å². The number of methoxy groups -OCH3 is 1. The van der Waals surface area contributed by atoms with Crippen LogP contribution in [0.1, 0.15) is 12.5 Å². The van der Waals surface area contributed by atoms with E-state index in [0.717, 1.165) is 10.6 Å². The second kappa shape index (κ2) is 10.5. The molecular weight excluding hydrogens is 442 g/mol. The molecule has 0 heterocycles. The Hall–Kier alpha value is -2.78. The Morgan fingerprint density at radius 3 is 2.42 bits per heavy atom. The van der Waals surface area contributed by atoms with Gasteiger partial charge in [-0.2, -0.15) is 0 Å². The van der Waals surface area contributed by atoms with E-state index in [1.54, 1.807) is 49.4 Å². The molecule has 0 aliphatic heterocycles. The number of nitrogens with one attached hydrogen (secondary N) is 1. The van der Waals surface area contributed by atoms with E-state index < -0.39 is 28.5 Å². The number of carbonyl (C=O) groups excluding carboxylic acids is 2. The Balaban J connectivity index is 2.41. The summed E-state index contributed by atoms with van der Waals surface area (Å²) in [6.45, 7) is 1.13. The summed E-state index contributed by atoms with van der Waals surface area (Å²) in [5.41, 5.74) is 0.918. The lowest BCUT2D eigenvalue weighted by Crippen LogP contribution is -2.50. The molecule has 2 rings (SSSR count). The highest BCUT2D eigenvalue weighted by atomic mass is 35.5. The van der Waals surface area contributed by atoms with Crippen LogP contribution in [0.2, 0.25) is 5.02 Å². The third kappa shape index (κ3) is 6.35. The number of rotatable bonds is 9. The lowest BCUT2D eigenvalue weighted by Gasteiger charge is -2.31. The largest absolute Gasteiger partial charge is 0.497 e. The number of carbonyl (C=O) groups is 2. The SMILES string of the molecule is CNC(=O)C(C)N(Cc1ccccc1Cl)C(=O)CN(c1cccc(OC)c1)S(C)(=O)=O. The normalized spacial score (nSPS) is 12.0. The van der Waals surface area contributed by atoms with Gasteiger partial charge < -0.3 is 15.0 Å². The van der Waals surface area contributed by atoms with E-state index in [9.17, 15) is 18.0 Å². The third-order valence-electron chi connectivity index (χ3n) is 4.73. The Morgan fingerprint density at radius 2 is 1.84 bits per heavy atom. The second-order valence-corrected chi connectivity index (χ2v) is 9.19. The molecule has 1 atom stereocenters. The molecule has 0 spiro atoms. The van der Waals surface area contributed by atoms with Crippen LogP contribution in [0.4, 0.5) is 5.69 Å². The summed E-state index contributed by atoms with van der Waals surface area (Å²) in [4.78, 5) is 26.9. The Kier molecular flexibility index (Phi) is 8.29. The van der Waals surface area contributed by atoms with Crippen molar-refractivity contribution >= 4 is 39.1 Å². The number of halogens is 1. The van der Waals surface area contributed by atoms with E-state index in [1.165, 1.54) is 25.1 Å². The lowest BCUT2D eigenvalue weighted by molar-refractivity contribution is -0.139. The summed E-state index contributed by atoms with van der Waals surface area (Å²) < 4.78 is 31.1. The Morgan fingerprint density at radius 1 is 1.16 bits per heavy atom. The highest BCUT2D eigenvalue weighted by Gasteiger charge is 2.30. The molecule has 2 aromatic carbocycles. The molecule has 1 unspecified atom stereocenters. The number of hydrogen-bond acceptors (Lipinski definition) is 5. The summed E-state index contributed by atoms with van der Waals surface area (Å²) in [5, 5.41) is 2.96. The third-order valence-corrected chi connectivity index (χ3v) is 6.24. The number of anilines is 1. The Bertz CT molecular complexity index is 1040. The summed E-state index contributed by atoms with van der Waals surface area (Å²) in [7, 11) is -0.868. The summed E-state index contributed by atoms with van der Waals surface area (Å²) in [6.07, 6.45) is 1.01. The van der Waals surface area contributed by atoms with Gasteiger partial charge in [0.1, 0.15) is 18.3 Å². The van der Waals surface area contributed by atoms with Gasteiger partial charge in [-0.25, -0.2) is 8.42 Å². The number of likely N-dealkylation sites (N-methyl/N-ethyl adjacent to an activating group) is 1. The first-order chi connectivity index (χ1) is 14.6. The molecule has 8 nitrogen and oxygen atoms in total. The number of hydrogen-bond donors (Lipinski definition) is 1. The maximum absolute atomic E-state index is 13.3. The molecule has 168 valence electrons. The van der Waals surface area contributed by atoms with Gasteiger partial charge in [0.15, 0.2) is 0 Å². The zero-order valence-electron chi connectivity index (χ0n) is 17.8. The molecule has 0 aromatic heterocycles. The molecule has 0 aliphatic carbocycles. The number of sulfonamides is 1. The van der Waals surface area contributed by atoms with Gasteiger partial charge in [0.25, 0.3) is 0 Å². The first-order valence-corrected chi connectivity index (χ1v) is 11.7. The van der Waals surface area contributed by atoms with Crippen LogP contribution in [-0.2, 0) is 26.2 Å². The van der Waals surface area contributed by atoms with Crippen LogP contribution in [0, 0.1) is 0 Å². The maximum Gasteiger partial charge on any atom is 0.244 e. The topological polar surface area (TPSA) is 96.0 Å². The molecule has 0 aliphatic rings. The fourth-order valence-electron chi connectivity index (χ4n) is 2.98. The number of nitrogens with zero attached hydrogens (tertiary/aromatic N) is 2. The van der Waals surface area contributed by atoms with Gasteiger partial charge in [0.2, 0.25) is 21.8 Å². The highest BCUT2D eigenvalue weighted by Crippen LogP contribution is 2.24. The molecule has 10 heteroatoms. The van der Waals surface area contributed by atoms with Crippen LogP contribution in [0.3, 0.4) is 0 Å². The molecule has 0 radical (unpaired) electrons. The van der Waals surface area contributed by atoms with Crippen LogP contribution in [0.15, 0.2) is 48.5 Å². The van der Waals surface area contributed by atoms with Crippen molar-refractivity contribution in [3.63, 3.8) is 0 Å². The van der Waals surface area contributed by atoms with Crippen molar-refractivity contribution in [3.8, 4) is 5.75 Å². The first kappa shape index (κ1) is 24.5. The van der Waals surface area contributed by atoms with E-state index >= 15 is 0 Å². The van der Waals surface area contributed by atoms with Crippen molar-refractivity contribution in [1.29, 1.82) is 0 Å². The molecule has 0 fully saturated rings. The number of ether oxygens (including phenoxy) is 1. The van der Waals surface area contributed by atoms with E-state index in [4.69, 9.17) is 16.3 Å². The molecule has 2 aromatic rings.